The van der Waals surface area contributed by atoms with Gasteiger partial charge in [0, 0.05) is 13.0 Å². The molecule has 0 radical (unpaired) electrons. The molecular formula is C45H83N2O6P. The van der Waals surface area contributed by atoms with Crippen molar-refractivity contribution in [2.24, 2.45) is 5.73 Å². The Morgan fingerprint density at radius 3 is 1.57 bits per heavy atom. The van der Waals surface area contributed by atoms with Gasteiger partial charge >= 0.3 is 7.82 Å². The van der Waals surface area contributed by atoms with Crippen LogP contribution in [0.25, 0.3) is 0 Å². The summed E-state index contributed by atoms with van der Waals surface area (Å²) in [5, 5.41) is 13.8. The first-order valence-corrected chi connectivity index (χ1v) is 23.4. The van der Waals surface area contributed by atoms with E-state index < -0.39 is 20.0 Å². The SMILES string of the molecule is CC/C=C\C/C=C\C/C=C\C/C=C\C/C=C\CCCCCCCC(=O)NC(COP(=O)(O)OCCN)C(O)CCCCCCCCCCCCCCCC. The van der Waals surface area contributed by atoms with Crippen LogP contribution in [-0.2, 0) is 18.4 Å². The number of carbonyl (C=O) groups is 1. The molecule has 0 saturated heterocycles. The summed E-state index contributed by atoms with van der Waals surface area (Å²) in [6.07, 6.45) is 50.8. The van der Waals surface area contributed by atoms with Crippen LogP contribution in [-0.4, -0.2) is 47.8 Å². The molecule has 0 aliphatic carbocycles. The lowest BCUT2D eigenvalue weighted by atomic mass is 10.0. The predicted octanol–water partition coefficient (Wildman–Crippen LogP) is 12.3. The fourth-order valence-electron chi connectivity index (χ4n) is 6.10. The zero-order chi connectivity index (χ0) is 39.6. The Morgan fingerprint density at radius 2 is 1.07 bits per heavy atom. The van der Waals surface area contributed by atoms with E-state index in [1.165, 1.54) is 70.6 Å². The van der Waals surface area contributed by atoms with Crippen LogP contribution in [0.2, 0.25) is 0 Å². The molecule has 0 bridgehead atoms. The summed E-state index contributed by atoms with van der Waals surface area (Å²) in [5.41, 5.74) is 5.38. The highest BCUT2D eigenvalue weighted by atomic mass is 31.2. The Kier molecular flexibility index (Phi) is 39.5. The molecule has 0 rings (SSSR count). The number of phosphoric ester groups is 1. The highest BCUT2D eigenvalue weighted by molar-refractivity contribution is 7.47. The normalized spacial score (nSPS) is 14.7. The van der Waals surface area contributed by atoms with Gasteiger partial charge in [0.05, 0.1) is 25.4 Å². The molecule has 0 heterocycles. The van der Waals surface area contributed by atoms with Crippen LogP contribution < -0.4 is 11.1 Å². The number of hydrogen-bond acceptors (Lipinski definition) is 6. The van der Waals surface area contributed by atoms with Gasteiger partial charge in [-0.1, -0.05) is 184 Å². The molecule has 1 amide bonds. The van der Waals surface area contributed by atoms with Crippen molar-refractivity contribution in [2.45, 2.75) is 199 Å². The molecule has 0 spiro atoms. The topological polar surface area (TPSA) is 131 Å². The van der Waals surface area contributed by atoms with E-state index in [1.807, 2.05) is 0 Å². The van der Waals surface area contributed by atoms with Gasteiger partial charge in [-0.3, -0.25) is 13.8 Å². The fraction of sp³-hybridized carbons (Fsp3) is 0.756. The van der Waals surface area contributed by atoms with E-state index in [4.69, 9.17) is 14.8 Å². The van der Waals surface area contributed by atoms with E-state index in [0.29, 0.717) is 12.8 Å². The van der Waals surface area contributed by atoms with Gasteiger partial charge in [-0.25, -0.2) is 4.57 Å². The monoisotopic (exact) mass is 779 g/mol. The molecule has 0 saturated carbocycles. The molecule has 54 heavy (non-hydrogen) atoms. The Balaban J connectivity index is 4.21. The smallest absolute Gasteiger partial charge is 0.391 e. The minimum absolute atomic E-state index is 0.0825. The minimum atomic E-state index is -4.32. The second-order valence-corrected chi connectivity index (χ2v) is 16.0. The number of nitrogens with one attached hydrogen (secondary N) is 1. The highest BCUT2D eigenvalue weighted by Gasteiger charge is 2.27. The highest BCUT2D eigenvalue weighted by Crippen LogP contribution is 2.43. The summed E-state index contributed by atoms with van der Waals surface area (Å²) in [5.74, 6) is -0.182. The maximum atomic E-state index is 12.8. The zero-order valence-electron chi connectivity index (χ0n) is 34.7. The average Bonchev–Trinajstić information content (AvgIpc) is 3.16. The number of rotatable bonds is 40. The molecule has 3 atom stereocenters. The standard InChI is InChI=1S/C45H83N2O6P/c1-3-5-7-9-11-13-15-17-19-20-21-22-23-24-25-27-29-31-33-35-37-39-45(49)47-43(42-53-54(50,51)52-41-40-46)44(48)38-36-34-32-30-28-26-18-16-14-12-10-8-6-4-2/h5,7,11,13,17,19,21-22,24-25,43-44,48H,3-4,6,8-10,12,14-16,18,20,23,26-42,46H2,1-2H3,(H,47,49)(H,50,51)/b7-5-,13-11-,19-17-,22-21-,25-24-. The summed E-state index contributed by atoms with van der Waals surface area (Å²) >= 11 is 0. The van der Waals surface area contributed by atoms with E-state index in [0.717, 1.165) is 89.9 Å². The molecule has 5 N–H and O–H groups in total. The molecule has 0 aromatic heterocycles. The predicted molar refractivity (Wildman–Crippen MR) is 230 cm³/mol. The van der Waals surface area contributed by atoms with Crippen molar-refractivity contribution in [3.8, 4) is 0 Å². The molecule has 0 aromatic carbocycles. The zero-order valence-corrected chi connectivity index (χ0v) is 35.6. The summed E-state index contributed by atoms with van der Waals surface area (Å²) in [6.45, 7) is 4.07. The number of amides is 1. The number of aliphatic hydroxyl groups is 1. The third-order valence-corrected chi connectivity index (χ3v) is 10.4. The van der Waals surface area contributed by atoms with Gasteiger partial charge < -0.3 is 21.1 Å². The molecule has 8 nitrogen and oxygen atoms in total. The molecule has 3 unspecified atom stereocenters. The molecule has 0 fully saturated rings. The fourth-order valence-corrected chi connectivity index (χ4v) is 6.86. The number of carbonyl (C=O) groups excluding carboxylic acids is 1. The van der Waals surface area contributed by atoms with E-state index in [2.05, 4.69) is 79.9 Å². The van der Waals surface area contributed by atoms with E-state index in [9.17, 15) is 19.4 Å². The third kappa shape index (κ3) is 38.5. The average molecular weight is 779 g/mol. The number of unbranched alkanes of at least 4 members (excludes halogenated alkanes) is 18. The van der Waals surface area contributed by atoms with Gasteiger partial charge in [0.2, 0.25) is 5.91 Å². The van der Waals surface area contributed by atoms with Crippen molar-refractivity contribution in [3.05, 3.63) is 60.8 Å². The van der Waals surface area contributed by atoms with Gasteiger partial charge in [-0.15, -0.1) is 0 Å². The Labute approximate surface area is 332 Å². The summed E-state index contributed by atoms with van der Waals surface area (Å²) in [4.78, 5) is 22.7. The van der Waals surface area contributed by atoms with Crippen LogP contribution in [0, 0.1) is 0 Å². The maximum Gasteiger partial charge on any atom is 0.472 e. The van der Waals surface area contributed by atoms with Crippen molar-refractivity contribution in [1.29, 1.82) is 0 Å². The Morgan fingerprint density at radius 1 is 0.630 bits per heavy atom. The molecule has 9 heteroatoms. The minimum Gasteiger partial charge on any atom is -0.391 e. The number of phosphoric acid groups is 1. The van der Waals surface area contributed by atoms with Gasteiger partial charge in [0.1, 0.15) is 0 Å². The largest absolute Gasteiger partial charge is 0.472 e. The maximum absolute atomic E-state index is 12.8. The molecule has 0 aliphatic heterocycles. The van der Waals surface area contributed by atoms with E-state index in [-0.39, 0.29) is 25.7 Å². The van der Waals surface area contributed by atoms with Gasteiger partial charge in [-0.2, -0.15) is 0 Å². The Hall–Kier alpha value is -1.80. The summed E-state index contributed by atoms with van der Waals surface area (Å²) in [6, 6.07) is -0.787. The molecule has 0 aliphatic rings. The summed E-state index contributed by atoms with van der Waals surface area (Å²) in [7, 11) is -4.32. The van der Waals surface area contributed by atoms with Crippen molar-refractivity contribution in [1.82, 2.24) is 5.32 Å². The van der Waals surface area contributed by atoms with Gasteiger partial charge in [0.15, 0.2) is 0 Å². The first kappa shape index (κ1) is 52.2. The van der Waals surface area contributed by atoms with Crippen molar-refractivity contribution < 1.29 is 28.4 Å². The van der Waals surface area contributed by atoms with Gasteiger partial charge in [0.25, 0.3) is 0 Å². The van der Waals surface area contributed by atoms with Crippen molar-refractivity contribution >= 4 is 13.7 Å². The van der Waals surface area contributed by atoms with Crippen LogP contribution in [0.15, 0.2) is 60.8 Å². The van der Waals surface area contributed by atoms with Crippen LogP contribution >= 0.6 is 7.82 Å². The first-order chi connectivity index (χ1) is 26.4. The van der Waals surface area contributed by atoms with Crippen molar-refractivity contribution in [2.75, 3.05) is 19.8 Å². The quantitative estimate of drug-likeness (QED) is 0.0277. The van der Waals surface area contributed by atoms with E-state index in [1.54, 1.807) is 0 Å². The van der Waals surface area contributed by atoms with E-state index >= 15 is 0 Å². The van der Waals surface area contributed by atoms with Crippen LogP contribution in [0.1, 0.15) is 187 Å². The lowest BCUT2D eigenvalue weighted by Gasteiger charge is -2.25. The molecular weight excluding hydrogens is 695 g/mol. The third-order valence-electron chi connectivity index (χ3n) is 9.39. The van der Waals surface area contributed by atoms with Crippen LogP contribution in [0.5, 0.6) is 0 Å². The van der Waals surface area contributed by atoms with Crippen LogP contribution in [0.4, 0.5) is 0 Å². The summed E-state index contributed by atoms with van der Waals surface area (Å²) < 4.78 is 22.2. The second kappa shape index (κ2) is 40.9. The second-order valence-electron chi connectivity index (χ2n) is 14.5. The molecule has 314 valence electrons. The van der Waals surface area contributed by atoms with Gasteiger partial charge in [-0.05, 0) is 57.8 Å². The molecule has 0 aromatic rings. The van der Waals surface area contributed by atoms with Crippen molar-refractivity contribution in [3.63, 3.8) is 0 Å². The first-order valence-electron chi connectivity index (χ1n) is 21.9. The number of nitrogens with two attached hydrogens (primary N) is 1. The lowest BCUT2D eigenvalue weighted by Crippen LogP contribution is -2.46. The number of allylic oxidation sites excluding steroid dienone is 10. The number of hydrogen-bond donors (Lipinski definition) is 4. The Bertz CT molecular complexity index is 1030. The number of aliphatic hydroxyl groups excluding tert-OH is 1. The van der Waals surface area contributed by atoms with Crippen LogP contribution in [0.3, 0.4) is 0 Å². The lowest BCUT2D eigenvalue weighted by molar-refractivity contribution is -0.123.